The van der Waals surface area contributed by atoms with Crippen LogP contribution in [0.2, 0.25) is 0 Å². The number of carboxylic acids is 1. The van der Waals surface area contributed by atoms with E-state index in [1.807, 2.05) is 0 Å². The van der Waals surface area contributed by atoms with Gasteiger partial charge in [0, 0.05) is 5.56 Å². The Morgan fingerprint density at radius 1 is 1.10 bits per heavy atom. The molecule has 0 saturated carbocycles. The maximum Gasteiger partial charge on any atom is 0.335 e. The Hall–Kier alpha value is -2.54. The molecule has 1 amide bonds. The largest absolute Gasteiger partial charge is 0.507 e. The van der Waals surface area contributed by atoms with Crippen LogP contribution in [-0.2, 0) is 0 Å². The summed E-state index contributed by atoms with van der Waals surface area (Å²) in [6.07, 6.45) is 0. The maximum atomic E-state index is 12.0. The molecule has 0 spiro atoms. The molecule has 0 radical (unpaired) electrons. The third-order valence-corrected chi connectivity index (χ3v) is 3.43. The first-order valence-electron chi connectivity index (χ1n) is 5.81. The van der Waals surface area contributed by atoms with Gasteiger partial charge in [-0.2, -0.15) is 0 Å². The average molecular weight is 351 g/mol. The van der Waals surface area contributed by atoms with Crippen molar-refractivity contribution >= 4 is 39.2 Å². The summed E-state index contributed by atoms with van der Waals surface area (Å²) < 4.78 is 0.476. The van der Waals surface area contributed by atoms with Gasteiger partial charge in [0.25, 0.3) is 5.91 Å². The summed E-state index contributed by atoms with van der Waals surface area (Å²) in [6.45, 7) is 0. The van der Waals surface area contributed by atoms with E-state index in [0.717, 1.165) is 0 Å². The Kier molecular flexibility index (Phi) is 4.13. The van der Waals surface area contributed by atoms with Gasteiger partial charge in [-0.15, -0.1) is 0 Å². The number of aromatic carboxylic acids is 1. The van der Waals surface area contributed by atoms with Crippen molar-refractivity contribution in [1.82, 2.24) is 0 Å². The van der Waals surface area contributed by atoms with Crippen LogP contribution in [0, 0.1) is 0 Å². The highest BCUT2D eigenvalue weighted by molar-refractivity contribution is 9.10. The lowest BCUT2D eigenvalue weighted by Crippen LogP contribution is -2.13. The molecule has 0 bridgehead atoms. The molecule has 0 aliphatic heterocycles. The molecule has 0 heterocycles. The highest BCUT2D eigenvalue weighted by atomic mass is 79.9. The zero-order valence-electron chi connectivity index (χ0n) is 10.6. The van der Waals surface area contributed by atoms with Crippen LogP contribution in [0.25, 0.3) is 0 Å². The van der Waals surface area contributed by atoms with Crippen LogP contribution < -0.4 is 11.1 Å². The van der Waals surface area contributed by atoms with Crippen molar-refractivity contribution < 1.29 is 19.8 Å². The fourth-order valence-corrected chi connectivity index (χ4v) is 1.90. The first-order chi connectivity index (χ1) is 9.88. The summed E-state index contributed by atoms with van der Waals surface area (Å²) in [4.78, 5) is 22.8. The second-order valence-corrected chi connectivity index (χ2v) is 5.08. The van der Waals surface area contributed by atoms with Crippen LogP contribution in [0.3, 0.4) is 0 Å². The fourth-order valence-electron chi connectivity index (χ4n) is 1.66. The van der Waals surface area contributed by atoms with Crippen LogP contribution >= 0.6 is 15.9 Å². The number of nitrogen functional groups attached to an aromatic ring is 1. The summed E-state index contributed by atoms with van der Waals surface area (Å²) in [5.41, 5.74) is 6.43. The molecule has 21 heavy (non-hydrogen) atoms. The van der Waals surface area contributed by atoms with Crippen molar-refractivity contribution in [2.45, 2.75) is 0 Å². The van der Waals surface area contributed by atoms with Crippen LogP contribution in [0.1, 0.15) is 20.7 Å². The predicted molar refractivity (Wildman–Crippen MR) is 81.6 cm³/mol. The lowest BCUT2D eigenvalue weighted by molar-refractivity contribution is 0.0697. The van der Waals surface area contributed by atoms with Gasteiger partial charge < -0.3 is 21.3 Å². The number of carbonyl (C=O) groups is 2. The van der Waals surface area contributed by atoms with Gasteiger partial charge >= 0.3 is 5.97 Å². The van der Waals surface area contributed by atoms with Gasteiger partial charge in [0.1, 0.15) is 5.75 Å². The van der Waals surface area contributed by atoms with E-state index in [-0.39, 0.29) is 22.6 Å². The number of aromatic hydroxyl groups is 1. The molecule has 0 fully saturated rings. The molecule has 0 saturated heterocycles. The Bertz CT molecular complexity index is 731. The molecule has 5 N–H and O–H groups in total. The molecule has 2 rings (SSSR count). The Balaban J connectivity index is 2.23. The minimum atomic E-state index is -1.10. The molecule has 7 heteroatoms. The van der Waals surface area contributed by atoms with Gasteiger partial charge in [-0.1, -0.05) is 0 Å². The molecule has 0 unspecified atom stereocenters. The lowest BCUT2D eigenvalue weighted by atomic mass is 10.1. The standard InChI is InChI=1S/C14H11BrN2O4/c15-9-3-1-7(6-12(9)18)13(19)17-11-4-2-8(14(20)21)5-10(11)16/h1-6,18H,16H2,(H,17,19)(H,20,21). The van der Waals surface area contributed by atoms with E-state index < -0.39 is 11.9 Å². The summed E-state index contributed by atoms with van der Waals surface area (Å²) in [5, 5.41) is 20.9. The number of benzene rings is 2. The molecule has 0 aliphatic rings. The molecule has 6 nitrogen and oxygen atoms in total. The van der Waals surface area contributed by atoms with Crippen LogP contribution in [0.4, 0.5) is 11.4 Å². The van der Waals surface area contributed by atoms with E-state index >= 15 is 0 Å². The van der Waals surface area contributed by atoms with E-state index in [2.05, 4.69) is 21.2 Å². The van der Waals surface area contributed by atoms with Crippen molar-refractivity contribution in [3.63, 3.8) is 0 Å². The highest BCUT2D eigenvalue weighted by Crippen LogP contribution is 2.25. The molecule has 0 aromatic heterocycles. The van der Waals surface area contributed by atoms with E-state index in [4.69, 9.17) is 10.8 Å². The molecule has 108 valence electrons. The number of nitrogens with one attached hydrogen (secondary N) is 1. The first kappa shape index (κ1) is 14.9. The number of carboxylic acid groups (broad SMARTS) is 1. The van der Waals surface area contributed by atoms with Gasteiger partial charge in [0.15, 0.2) is 0 Å². The van der Waals surface area contributed by atoms with E-state index in [1.54, 1.807) is 6.07 Å². The normalized spacial score (nSPS) is 10.1. The number of hydrogen-bond acceptors (Lipinski definition) is 4. The lowest BCUT2D eigenvalue weighted by Gasteiger charge is -2.09. The quantitative estimate of drug-likeness (QED) is 0.635. The molecule has 0 atom stereocenters. The number of hydrogen-bond donors (Lipinski definition) is 4. The van der Waals surface area contributed by atoms with Crippen LogP contribution in [0.15, 0.2) is 40.9 Å². The number of anilines is 2. The summed E-state index contributed by atoms with van der Waals surface area (Å²) in [7, 11) is 0. The molecular weight excluding hydrogens is 340 g/mol. The minimum absolute atomic E-state index is 0.0341. The van der Waals surface area contributed by atoms with Gasteiger partial charge in [-0.3, -0.25) is 4.79 Å². The number of carbonyl (C=O) groups excluding carboxylic acids is 1. The molecular formula is C14H11BrN2O4. The van der Waals surface area contributed by atoms with E-state index in [0.29, 0.717) is 10.2 Å². The van der Waals surface area contributed by atoms with Crippen molar-refractivity contribution in [1.29, 1.82) is 0 Å². The molecule has 2 aromatic carbocycles. The van der Waals surface area contributed by atoms with Crippen molar-refractivity contribution in [2.75, 3.05) is 11.1 Å². The van der Waals surface area contributed by atoms with Crippen LogP contribution in [-0.4, -0.2) is 22.1 Å². The van der Waals surface area contributed by atoms with Gasteiger partial charge in [-0.25, -0.2) is 4.79 Å². The molecule has 0 aliphatic carbocycles. The smallest absolute Gasteiger partial charge is 0.335 e. The van der Waals surface area contributed by atoms with Gasteiger partial charge in [-0.05, 0) is 52.3 Å². The minimum Gasteiger partial charge on any atom is -0.507 e. The van der Waals surface area contributed by atoms with Crippen molar-refractivity contribution in [3.05, 3.63) is 52.0 Å². The first-order valence-corrected chi connectivity index (χ1v) is 6.60. The Morgan fingerprint density at radius 3 is 2.33 bits per heavy atom. The number of amides is 1. The average Bonchev–Trinajstić information content (AvgIpc) is 2.43. The zero-order valence-corrected chi connectivity index (χ0v) is 12.2. The number of halogens is 1. The number of nitrogens with two attached hydrogens (primary N) is 1. The Labute approximate surface area is 128 Å². The van der Waals surface area contributed by atoms with Crippen molar-refractivity contribution in [2.24, 2.45) is 0 Å². The SMILES string of the molecule is Nc1cc(C(=O)O)ccc1NC(=O)c1ccc(Br)c(O)c1. The number of rotatable bonds is 3. The topological polar surface area (TPSA) is 113 Å². The van der Waals surface area contributed by atoms with E-state index in [9.17, 15) is 14.7 Å². The third kappa shape index (κ3) is 3.32. The Morgan fingerprint density at radius 2 is 1.76 bits per heavy atom. The number of phenols is 1. The fraction of sp³-hybridized carbons (Fsp3) is 0. The second-order valence-electron chi connectivity index (χ2n) is 4.23. The predicted octanol–water partition coefficient (Wildman–Crippen LogP) is 2.69. The summed E-state index contributed by atoms with van der Waals surface area (Å²) in [5.74, 6) is -1.62. The maximum absolute atomic E-state index is 12.0. The van der Waals surface area contributed by atoms with E-state index in [1.165, 1.54) is 30.3 Å². The van der Waals surface area contributed by atoms with Gasteiger partial charge in [0.05, 0.1) is 21.4 Å². The third-order valence-electron chi connectivity index (χ3n) is 2.76. The highest BCUT2D eigenvalue weighted by Gasteiger charge is 2.12. The van der Waals surface area contributed by atoms with Crippen molar-refractivity contribution in [3.8, 4) is 5.75 Å². The summed E-state index contributed by atoms with van der Waals surface area (Å²) in [6, 6.07) is 8.39. The van der Waals surface area contributed by atoms with Crippen LogP contribution in [0.5, 0.6) is 5.75 Å². The van der Waals surface area contributed by atoms with Gasteiger partial charge in [0.2, 0.25) is 0 Å². The zero-order chi connectivity index (χ0) is 15.6. The second kappa shape index (κ2) is 5.84. The molecule has 2 aromatic rings. The summed E-state index contributed by atoms with van der Waals surface area (Å²) >= 11 is 3.12. The number of phenolic OH excluding ortho intramolecular Hbond substituents is 1. The monoisotopic (exact) mass is 350 g/mol.